The van der Waals surface area contributed by atoms with Crippen LogP contribution in [0, 0.1) is 0 Å². The molecule has 2 aromatic heterocycles. The highest BCUT2D eigenvalue weighted by molar-refractivity contribution is 6.34. The Morgan fingerprint density at radius 1 is 1.38 bits per heavy atom. The average molecular weight is 236 g/mol. The van der Waals surface area contributed by atoms with Crippen LogP contribution in [0.5, 0.6) is 0 Å². The van der Waals surface area contributed by atoms with Crippen LogP contribution in [0.2, 0.25) is 5.02 Å². The Balaban J connectivity index is 2.18. The number of imidazole rings is 1. The standard InChI is InChI=1S/C12H14ClN3/c1-16-11(8-4-2-3-5-8)15-10-9(13)6-7-14-12(10)16/h6-8H,2-5H2,1H3. The lowest BCUT2D eigenvalue weighted by Gasteiger charge is -2.07. The van der Waals surface area contributed by atoms with Gasteiger partial charge in [0.2, 0.25) is 0 Å². The zero-order valence-electron chi connectivity index (χ0n) is 9.28. The van der Waals surface area contributed by atoms with Crippen LogP contribution >= 0.6 is 11.6 Å². The first-order valence-corrected chi connectivity index (χ1v) is 6.12. The fourth-order valence-electron chi connectivity index (χ4n) is 2.62. The molecule has 3 nitrogen and oxygen atoms in total. The lowest BCUT2D eigenvalue weighted by molar-refractivity contribution is 0.637. The van der Waals surface area contributed by atoms with Crippen molar-refractivity contribution in [2.45, 2.75) is 31.6 Å². The van der Waals surface area contributed by atoms with Gasteiger partial charge in [0, 0.05) is 19.2 Å². The third kappa shape index (κ3) is 1.42. The number of pyridine rings is 1. The van der Waals surface area contributed by atoms with Gasteiger partial charge in [0.15, 0.2) is 5.65 Å². The first-order valence-electron chi connectivity index (χ1n) is 5.74. The SMILES string of the molecule is Cn1c(C2CCCC2)nc2c(Cl)ccnc21. The number of hydrogen-bond acceptors (Lipinski definition) is 2. The van der Waals surface area contributed by atoms with Crippen molar-refractivity contribution in [2.24, 2.45) is 7.05 Å². The van der Waals surface area contributed by atoms with Crippen LogP contribution < -0.4 is 0 Å². The first-order chi connectivity index (χ1) is 7.77. The summed E-state index contributed by atoms with van der Waals surface area (Å²) >= 11 is 6.13. The number of aryl methyl sites for hydroxylation is 1. The molecular weight excluding hydrogens is 222 g/mol. The molecule has 0 aromatic carbocycles. The molecule has 0 amide bonds. The van der Waals surface area contributed by atoms with Crippen molar-refractivity contribution in [1.29, 1.82) is 0 Å². The van der Waals surface area contributed by atoms with Crippen molar-refractivity contribution >= 4 is 22.8 Å². The first kappa shape index (κ1) is 10.1. The van der Waals surface area contributed by atoms with Gasteiger partial charge in [0.25, 0.3) is 0 Å². The molecule has 3 rings (SSSR count). The lowest BCUT2D eigenvalue weighted by atomic mass is 10.1. The smallest absolute Gasteiger partial charge is 0.161 e. The molecule has 1 aliphatic carbocycles. The average Bonchev–Trinajstić information content (AvgIpc) is 2.88. The molecule has 0 N–H and O–H groups in total. The van der Waals surface area contributed by atoms with Crippen LogP contribution in [-0.2, 0) is 7.05 Å². The van der Waals surface area contributed by atoms with Gasteiger partial charge < -0.3 is 4.57 Å². The second-order valence-corrected chi connectivity index (χ2v) is 4.88. The number of halogens is 1. The van der Waals surface area contributed by atoms with Crippen molar-refractivity contribution in [1.82, 2.24) is 14.5 Å². The molecule has 1 aliphatic rings. The second-order valence-electron chi connectivity index (χ2n) is 4.48. The summed E-state index contributed by atoms with van der Waals surface area (Å²) in [5, 5.41) is 0.699. The fraction of sp³-hybridized carbons (Fsp3) is 0.500. The molecule has 2 heterocycles. The molecule has 0 bridgehead atoms. The van der Waals surface area contributed by atoms with Gasteiger partial charge in [-0.3, -0.25) is 0 Å². The highest BCUT2D eigenvalue weighted by Crippen LogP contribution is 2.35. The summed E-state index contributed by atoms with van der Waals surface area (Å²) in [6.45, 7) is 0. The molecule has 84 valence electrons. The molecule has 16 heavy (non-hydrogen) atoms. The second kappa shape index (κ2) is 3.74. The van der Waals surface area contributed by atoms with Crippen LogP contribution in [0.3, 0.4) is 0 Å². The number of nitrogens with zero attached hydrogens (tertiary/aromatic N) is 3. The van der Waals surface area contributed by atoms with E-state index in [0.29, 0.717) is 10.9 Å². The Bertz CT molecular complexity index is 526. The maximum atomic E-state index is 6.13. The van der Waals surface area contributed by atoms with E-state index in [1.54, 1.807) is 12.3 Å². The Labute approximate surface area is 99.5 Å². The van der Waals surface area contributed by atoms with Gasteiger partial charge in [-0.2, -0.15) is 0 Å². The highest BCUT2D eigenvalue weighted by atomic mass is 35.5. The van der Waals surface area contributed by atoms with Gasteiger partial charge in [0.05, 0.1) is 5.02 Å². The van der Waals surface area contributed by atoms with Crippen LogP contribution in [0.4, 0.5) is 0 Å². The van der Waals surface area contributed by atoms with E-state index < -0.39 is 0 Å². The van der Waals surface area contributed by atoms with E-state index in [0.717, 1.165) is 17.0 Å². The predicted octanol–water partition coefficient (Wildman–Crippen LogP) is 3.28. The summed E-state index contributed by atoms with van der Waals surface area (Å²) in [6.07, 6.45) is 6.86. The minimum Gasteiger partial charge on any atom is -0.316 e. The normalized spacial score (nSPS) is 17.4. The van der Waals surface area contributed by atoms with Crippen molar-refractivity contribution in [3.63, 3.8) is 0 Å². The molecule has 1 fully saturated rings. The van der Waals surface area contributed by atoms with Crippen molar-refractivity contribution in [2.75, 3.05) is 0 Å². The lowest BCUT2D eigenvalue weighted by Crippen LogP contribution is -2.02. The highest BCUT2D eigenvalue weighted by Gasteiger charge is 2.23. The van der Waals surface area contributed by atoms with Crippen molar-refractivity contribution in [3.05, 3.63) is 23.1 Å². The number of hydrogen-bond donors (Lipinski definition) is 0. The fourth-order valence-corrected chi connectivity index (χ4v) is 2.80. The van der Waals surface area contributed by atoms with E-state index in [9.17, 15) is 0 Å². The van der Waals surface area contributed by atoms with Gasteiger partial charge in [-0.1, -0.05) is 24.4 Å². The molecule has 2 aromatic rings. The molecule has 0 radical (unpaired) electrons. The van der Waals surface area contributed by atoms with E-state index >= 15 is 0 Å². The number of aromatic nitrogens is 3. The Morgan fingerprint density at radius 2 is 2.12 bits per heavy atom. The van der Waals surface area contributed by atoms with Crippen LogP contribution in [-0.4, -0.2) is 14.5 Å². The van der Waals surface area contributed by atoms with Gasteiger partial charge in [-0.15, -0.1) is 0 Å². The van der Waals surface area contributed by atoms with E-state index in [1.807, 2.05) is 7.05 Å². The monoisotopic (exact) mass is 235 g/mol. The summed E-state index contributed by atoms with van der Waals surface area (Å²) in [6, 6.07) is 1.80. The van der Waals surface area contributed by atoms with Gasteiger partial charge >= 0.3 is 0 Å². The minimum absolute atomic E-state index is 0.593. The summed E-state index contributed by atoms with van der Waals surface area (Å²) in [7, 11) is 2.03. The van der Waals surface area contributed by atoms with Gasteiger partial charge in [0.1, 0.15) is 11.3 Å². The summed E-state index contributed by atoms with van der Waals surface area (Å²) < 4.78 is 2.09. The van der Waals surface area contributed by atoms with E-state index in [-0.39, 0.29) is 0 Å². The van der Waals surface area contributed by atoms with Crippen molar-refractivity contribution in [3.8, 4) is 0 Å². The zero-order chi connectivity index (χ0) is 11.1. The molecule has 0 aliphatic heterocycles. The molecule has 0 saturated heterocycles. The van der Waals surface area contributed by atoms with Gasteiger partial charge in [-0.25, -0.2) is 9.97 Å². The van der Waals surface area contributed by atoms with Gasteiger partial charge in [-0.05, 0) is 18.9 Å². The minimum atomic E-state index is 0.593. The Kier molecular flexibility index (Phi) is 2.36. The van der Waals surface area contributed by atoms with E-state index in [2.05, 4.69) is 14.5 Å². The summed E-state index contributed by atoms with van der Waals surface area (Å²) in [4.78, 5) is 9.01. The number of rotatable bonds is 1. The predicted molar refractivity (Wildman–Crippen MR) is 64.7 cm³/mol. The maximum absolute atomic E-state index is 6.13. The van der Waals surface area contributed by atoms with Crippen LogP contribution in [0.25, 0.3) is 11.2 Å². The molecule has 1 saturated carbocycles. The zero-order valence-corrected chi connectivity index (χ0v) is 10.0. The third-order valence-corrected chi connectivity index (χ3v) is 3.77. The topological polar surface area (TPSA) is 30.7 Å². The molecule has 4 heteroatoms. The van der Waals surface area contributed by atoms with Crippen LogP contribution in [0.1, 0.15) is 37.4 Å². The molecule has 0 atom stereocenters. The molecule has 0 spiro atoms. The van der Waals surface area contributed by atoms with Crippen molar-refractivity contribution < 1.29 is 0 Å². The Morgan fingerprint density at radius 3 is 2.81 bits per heavy atom. The maximum Gasteiger partial charge on any atom is 0.161 e. The Hall–Kier alpha value is -1.09. The largest absolute Gasteiger partial charge is 0.316 e. The van der Waals surface area contributed by atoms with E-state index in [4.69, 9.17) is 11.6 Å². The molecule has 0 unspecified atom stereocenters. The summed E-state index contributed by atoms with van der Waals surface area (Å²) in [5.74, 6) is 1.74. The van der Waals surface area contributed by atoms with Crippen LogP contribution in [0.15, 0.2) is 12.3 Å². The summed E-state index contributed by atoms with van der Waals surface area (Å²) in [5.41, 5.74) is 1.74. The van der Waals surface area contributed by atoms with E-state index in [1.165, 1.54) is 25.7 Å². The molecular formula is C12H14ClN3. The third-order valence-electron chi connectivity index (χ3n) is 3.46. The number of fused-ring (bicyclic) bond motifs is 1. The quantitative estimate of drug-likeness (QED) is 0.760.